The van der Waals surface area contributed by atoms with Gasteiger partial charge in [-0.2, -0.15) is 0 Å². The Balaban J connectivity index is 3.91. The molecule has 0 aliphatic carbocycles. The third-order valence-electron chi connectivity index (χ3n) is 18.4. The van der Waals surface area contributed by atoms with Crippen LogP contribution in [0.4, 0.5) is 0 Å². The highest BCUT2D eigenvalue weighted by Crippen LogP contribution is 2.21. The molecule has 0 fully saturated rings. The Bertz CT molecular complexity index is 1390. The molecule has 0 rings (SSSR count). The first-order chi connectivity index (χ1) is 42.6. The quantitative estimate of drug-likeness (QED) is 0.0256. The van der Waals surface area contributed by atoms with Crippen molar-refractivity contribution >= 4 is 17.9 Å². The number of carbonyl (C=O) groups is 3. The molecule has 0 bridgehead atoms. The summed E-state index contributed by atoms with van der Waals surface area (Å²) in [4.78, 5) is 37.5. The number of carboxylic acids is 1. The lowest BCUT2D eigenvalue weighted by atomic mass is 10.0. The molecule has 0 saturated carbocycles. The molecule has 0 heterocycles. The van der Waals surface area contributed by atoms with Crippen molar-refractivity contribution in [3.8, 4) is 0 Å². The molecule has 0 aliphatic heterocycles. The number of quaternary nitrogens is 1. The van der Waals surface area contributed by atoms with Crippen LogP contribution in [-0.2, 0) is 33.3 Å². The Morgan fingerprint density at radius 1 is 0.299 bits per heavy atom. The molecule has 0 aromatic rings. The summed E-state index contributed by atoms with van der Waals surface area (Å²) in [6.07, 6.45) is 82.4. The Morgan fingerprint density at radius 2 is 0.517 bits per heavy atom. The molecule has 0 aromatic carbocycles. The summed E-state index contributed by atoms with van der Waals surface area (Å²) < 4.78 is 22.9. The minimum absolute atomic E-state index is 0.154. The van der Waals surface area contributed by atoms with Gasteiger partial charge in [0.05, 0.1) is 40.3 Å². The number of hydrogen-bond acceptors (Lipinski definition) is 8. The van der Waals surface area contributed by atoms with E-state index in [0.29, 0.717) is 17.4 Å². The van der Waals surface area contributed by atoms with E-state index in [1.807, 2.05) is 21.1 Å². The van der Waals surface area contributed by atoms with Gasteiger partial charge < -0.3 is 33.3 Å². The van der Waals surface area contributed by atoms with Crippen LogP contribution in [0.3, 0.4) is 0 Å². The second-order valence-corrected chi connectivity index (χ2v) is 28.4. The zero-order valence-electron chi connectivity index (χ0n) is 59.5. The third kappa shape index (κ3) is 71.6. The molecule has 0 saturated heterocycles. The van der Waals surface area contributed by atoms with Gasteiger partial charge in [-0.3, -0.25) is 9.59 Å². The highest BCUT2D eigenvalue weighted by Gasteiger charge is 2.22. The number of carbonyl (C=O) groups excluding carboxylic acids is 3. The van der Waals surface area contributed by atoms with Gasteiger partial charge in [-0.1, -0.05) is 399 Å². The lowest BCUT2D eigenvalue weighted by Crippen LogP contribution is -2.44. The zero-order chi connectivity index (χ0) is 63.3. The topological polar surface area (TPSA) is 111 Å². The summed E-state index contributed by atoms with van der Waals surface area (Å²) in [5, 5.41) is 11.8. The van der Waals surface area contributed by atoms with Crippen LogP contribution in [0.2, 0.25) is 0 Å². The van der Waals surface area contributed by atoms with Crippen molar-refractivity contribution in [3.63, 3.8) is 0 Å². The molecule has 0 spiro atoms. The molecule has 2 atom stereocenters. The molecule has 0 amide bonds. The van der Waals surface area contributed by atoms with E-state index in [4.69, 9.17) is 18.9 Å². The summed E-state index contributed by atoms with van der Waals surface area (Å²) in [6.45, 7) is 4.85. The average Bonchev–Trinajstić information content (AvgIpc) is 3.55. The minimum atomic E-state index is -1.62. The predicted octanol–water partition coefficient (Wildman–Crippen LogP) is 23.3. The van der Waals surface area contributed by atoms with Crippen LogP contribution in [0.1, 0.15) is 425 Å². The van der Waals surface area contributed by atoms with Crippen LogP contribution < -0.4 is 5.11 Å². The number of nitrogens with zero attached hydrogens (tertiary/aromatic N) is 1. The van der Waals surface area contributed by atoms with Crippen molar-refractivity contribution in [1.29, 1.82) is 0 Å². The van der Waals surface area contributed by atoms with Crippen molar-refractivity contribution in [2.24, 2.45) is 0 Å². The second-order valence-electron chi connectivity index (χ2n) is 28.4. The van der Waals surface area contributed by atoms with Gasteiger partial charge in [0.2, 0.25) is 0 Å². The van der Waals surface area contributed by atoms with E-state index in [0.717, 1.165) is 38.5 Å². The first-order valence-electron chi connectivity index (χ1n) is 39.2. The van der Waals surface area contributed by atoms with Gasteiger partial charge in [-0.25, -0.2) is 0 Å². The molecular formula is C78H153NO8. The summed E-state index contributed by atoms with van der Waals surface area (Å²) in [5.74, 6) is -2.24. The van der Waals surface area contributed by atoms with Crippen LogP contribution in [0.5, 0.6) is 0 Å². The van der Waals surface area contributed by atoms with Crippen molar-refractivity contribution in [1.82, 2.24) is 0 Å². The Labute approximate surface area is 543 Å². The van der Waals surface area contributed by atoms with Gasteiger partial charge in [-0.15, -0.1) is 0 Å². The molecule has 0 aliphatic rings. The maximum absolute atomic E-state index is 13.0. The molecule has 0 radical (unpaired) electrons. The molecule has 0 aromatic heterocycles. The molecular weight excluding hydrogens is 1080 g/mol. The van der Waals surface area contributed by atoms with Crippen LogP contribution in [0.25, 0.3) is 0 Å². The molecule has 87 heavy (non-hydrogen) atoms. The molecule has 2 unspecified atom stereocenters. The standard InChI is InChI=1S/C78H153NO8/c1-6-8-10-12-14-16-18-20-22-24-26-28-30-31-32-33-34-35-36-37-38-39-40-41-42-43-44-45-47-49-51-53-55-57-59-61-63-65-67-69-76(81)87-74(73-86-78(77(82)83)84-71-70-79(3,4)5)72-85-75(80)68-66-64-62-60-58-56-54-52-50-48-46-29-27-25-23-21-19-17-15-13-11-9-7-2/h74,78H,6-73H2,1-5H3. The summed E-state index contributed by atoms with van der Waals surface area (Å²) in [6, 6.07) is 0. The van der Waals surface area contributed by atoms with Gasteiger partial charge in [0, 0.05) is 12.8 Å². The van der Waals surface area contributed by atoms with Crippen LogP contribution >= 0.6 is 0 Å². The van der Waals surface area contributed by atoms with Crippen molar-refractivity contribution in [2.45, 2.75) is 437 Å². The smallest absolute Gasteiger partial charge is 0.306 e. The van der Waals surface area contributed by atoms with Gasteiger partial charge in [0.25, 0.3) is 0 Å². The number of carboxylic acid groups (broad SMARTS) is 1. The van der Waals surface area contributed by atoms with Gasteiger partial charge in [0.15, 0.2) is 12.4 Å². The maximum Gasteiger partial charge on any atom is 0.306 e. The van der Waals surface area contributed by atoms with E-state index >= 15 is 0 Å². The zero-order valence-corrected chi connectivity index (χ0v) is 59.5. The normalized spacial score (nSPS) is 12.5. The number of esters is 2. The SMILES string of the molecule is CCCCCCCCCCCCCCCCCCCCCCCCCCCCCCCCCCCCCCCCCC(=O)OC(COC(=O)CCCCCCCCCCCCCCCCCCCCCCCCC)COC(OCC[N+](C)(C)C)C(=O)[O-]. The third-order valence-corrected chi connectivity index (χ3v) is 18.4. The summed E-state index contributed by atoms with van der Waals surface area (Å²) in [5.41, 5.74) is 0. The van der Waals surface area contributed by atoms with Crippen molar-refractivity contribution in [2.75, 3.05) is 47.5 Å². The van der Waals surface area contributed by atoms with E-state index in [2.05, 4.69) is 13.8 Å². The fourth-order valence-electron chi connectivity index (χ4n) is 12.4. The maximum atomic E-state index is 13.0. The minimum Gasteiger partial charge on any atom is -0.545 e. The largest absolute Gasteiger partial charge is 0.545 e. The lowest BCUT2D eigenvalue weighted by molar-refractivity contribution is -0.870. The van der Waals surface area contributed by atoms with E-state index < -0.39 is 24.3 Å². The number of unbranched alkanes of at least 4 members (excludes halogenated alkanes) is 60. The molecule has 518 valence electrons. The number of aliphatic carboxylic acids is 1. The highest BCUT2D eigenvalue weighted by molar-refractivity contribution is 5.70. The Hall–Kier alpha value is -1.71. The number of ether oxygens (including phenoxy) is 4. The first-order valence-corrected chi connectivity index (χ1v) is 39.2. The molecule has 9 heteroatoms. The average molecular weight is 1230 g/mol. The summed E-state index contributed by atoms with van der Waals surface area (Å²) >= 11 is 0. The van der Waals surface area contributed by atoms with E-state index in [-0.39, 0.29) is 32.2 Å². The van der Waals surface area contributed by atoms with Crippen molar-refractivity contribution in [3.05, 3.63) is 0 Å². The lowest BCUT2D eigenvalue weighted by Gasteiger charge is -2.26. The monoisotopic (exact) mass is 1230 g/mol. The number of hydrogen-bond donors (Lipinski definition) is 0. The van der Waals surface area contributed by atoms with Crippen molar-refractivity contribution < 1.29 is 42.9 Å². The van der Waals surface area contributed by atoms with Crippen LogP contribution in [-0.4, -0.2) is 82.3 Å². The predicted molar refractivity (Wildman–Crippen MR) is 371 cm³/mol. The Kier molecular flexibility index (Phi) is 68.8. The van der Waals surface area contributed by atoms with Gasteiger partial charge in [-0.05, 0) is 12.8 Å². The first kappa shape index (κ1) is 85.3. The number of rotatable bonds is 75. The fourth-order valence-corrected chi connectivity index (χ4v) is 12.4. The molecule has 9 nitrogen and oxygen atoms in total. The van der Waals surface area contributed by atoms with E-state index in [1.165, 1.54) is 360 Å². The van der Waals surface area contributed by atoms with Crippen LogP contribution in [0, 0.1) is 0 Å². The summed E-state index contributed by atoms with van der Waals surface area (Å²) in [7, 11) is 5.95. The van der Waals surface area contributed by atoms with Crippen LogP contribution in [0.15, 0.2) is 0 Å². The highest BCUT2D eigenvalue weighted by atomic mass is 16.7. The second kappa shape index (κ2) is 70.2. The Morgan fingerprint density at radius 3 is 0.736 bits per heavy atom. The molecule has 0 N–H and O–H groups in total. The van der Waals surface area contributed by atoms with Gasteiger partial charge in [0.1, 0.15) is 13.2 Å². The van der Waals surface area contributed by atoms with Gasteiger partial charge >= 0.3 is 11.9 Å². The fraction of sp³-hybridized carbons (Fsp3) is 0.962. The van der Waals surface area contributed by atoms with E-state index in [1.54, 1.807) is 0 Å². The van der Waals surface area contributed by atoms with E-state index in [9.17, 15) is 19.5 Å². The number of likely N-dealkylation sites (N-methyl/N-ethyl adjacent to an activating group) is 1.